The van der Waals surface area contributed by atoms with Gasteiger partial charge in [0.1, 0.15) is 0 Å². The van der Waals surface area contributed by atoms with Gasteiger partial charge in [-0.3, -0.25) is 9.59 Å². The van der Waals surface area contributed by atoms with Crippen LogP contribution in [-0.2, 0) is 7.05 Å². The zero-order chi connectivity index (χ0) is 21.0. The second-order valence-corrected chi connectivity index (χ2v) is 8.54. The van der Waals surface area contributed by atoms with E-state index < -0.39 is 0 Å². The summed E-state index contributed by atoms with van der Waals surface area (Å²) in [5.74, 6) is 0.745. The highest BCUT2D eigenvalue weighted by Gasteiger charge is 2.19. The highest BCUT2D eigenvalue weighted by molar-refractivity contribution is 9.10. The van der Waals surface area contributed by atoms with Crippen LogP contribution in [0.3, 0.4) is 0 Å². The molecule has 0 fully saturated rings. The van der Waals surface area contributed by atoms with E-state index in [0.29, 0.717) is 22.1 Å². The third kappa shape index (κ3) is 5.33. The first-order valence-corrected chi connectivity index (χ1v) is 10.8. The molecule has 1 aromatic heterocycles. The van der Waals surface area contributed by atoms with E-state index >= 15 is 0 Å². The molecule has 0 saturated carbocycles. The largest absolute Gasteiger partial charge is 0.342 e. The highest BCUT2D eigenvalue weighted by atomic mass is 79.9. The Hall–Kier alpha value is -2.45. The summed E-state index contributed by atoms with van der Waals surface area (Å²) < 4.78 is 2.74. The number of rotatable bonds is 7. The number of aryl methyl sites for hydroxylation is 1. The number of benzene rings is 2. The molecule has 8 heteroatoms. The highest BCUT2D eigenvalue weighted by Crippen LogP contribution is 2.21. The van der Waals surface area contributed by atoms with Crippen molar-refractivity contribution in [3.63, 3.8) is 0 Å². The van der Waals surface area contributed by atoms with Gasteiger partial charge >= 0.3 is 0 Å². The molecule has 1 atom stereocenters. The maximum atomic E-state index is 12.4. The molecule has 0 aliphatic carbocycles. The third-order valence-corrected chi connectivity index (χ3v) is 5.96. The third-order valence-electron chi connectivity index (χ3n) is 4.42. The predicted octanol–water partition coefficient (Wildman–Crippen LogP) is 4.35. The minimum absolute atomic E-state index is 0.0211. The standard InChI is InChI=1S/C21H21BrN4O2S/c1-13-4-6-16(7-5-13)20(28)23-14(2)19-24-25-21(26(19)3)29-12-18(27)15-8-10-17(22)11-9-15/h4-11,14H,12H2,1-3H3,(H,23,28)/t14-/m0/s1. The van der Waals surface area contributed by atoms with Gasteiger partial charge in [0.2, 0.25) is 0 Å². The molecule has 0 saturated heterocycles. The summed E-state index contributed by atoms with van der Waals surface area (Å²) in [6, 6.07) is 14.3. The molecule has 29 heavy (non-hydrogen) atoms. The van der Waals surface area contributed by atoms with Crippen LogP contribution >= 0.6 is 27.7 Å². The monoisotopic (exact) mass is 472 g/mol. The first-order chi connectivity index (χ1) is 13.8. The molecule has 0 aliphatic heterocycles. The number of carbonyl (C=O) groups excluding carboxylic acids is 2. The lowest BCUT2D eigenvalue weighted by molar-refractivity contribution is 0.0937. The van der Waals surface area contributed by atoms with Crippen LogP contribution in [-0.4, -0.2) is 32.2 Å². The Labute approximate surface area is 182 Å². The minimum Gasteiger partial charge on any atom is -0.342 e. The maximum Gasteiger partial charge on any atom is 0.251 e. The molecule has 6 nitrogen and oxygen atoms in total. The van der Waals surface area contributed by atoms with Gasteiger partial charge in [0, 0.05) is 22.6 Å². The van der Waals surface area contributed by atoms with Crippen LogP contribution in [0.15, 0.2) is 58.2 Å². The van der Waals surface area contributed by atoms with Crippen molar-refractivity contribution >= 4 is 39.4 Å². The molecule has 1 N–H and O–H groups in total. The lowest BCUT2D eigenvalue weighted by atomic mass is 10.1. The smallest absolute Gasteiger partial charge is 0.251 e. The second kappa shape index (κ2) is 9.37. The first kappa shape index (κ1) is 21.3. The normalized spacial score (nSPS) is 11.9. The number of hydrogen-bond acceptors (Lipinski definition) is 5. The van der Waals surface area contributed by atoms with E-state index in [1.165, 1.54) is 11.8 Å². The van der Waals surface area contributed by atoms with Crippen molar-refractivity contribution in [3.8, 4) is 0 Å². The molecule has 1 heterocycles. The van der Waals surface area contributed by atoms with Gasteiger partial charge in [-0.2, -0.15) is 0 Å². The predicted molar refractivity (Wildman–Crippen MR) is 117 cm³/mol. The zero-order valence-corrected chi connectivity index (χ0v) is 18.8. The summed E-state index contributed by atoms with van der Waals surface area (Å²) in [5.41, 5.74) is 2.35. The van der Waals surface area contributed by atoms with Crippen molar-refractivity contribution in [2.45, 2.75) is 25.0 Å². The van der Waals surface area contributed by atoms with Gasteiger partial charge in [0.15, 0.2) is 16.8 Å². The lowest BCUT2D eigenvalue weighted by Crippen LogP contribution is -2.28. The Balaban J connectivity index is 1.62. The summed E-state index contributed by atoms with van der Waals surface area (Å²) >= 11 is 4.69. The quantitative estimate of drug-likeness (QED) is 0.408. The summed E-state index contributed by atoms with van der Waals surface area (Å²) in [6.07, 6.45) is 0. The van der Waals surface area contributed by atoms with Crippen molar-refractivity contribution in [3.05, 3.63) is 75.5 Å². The SMILES string of the molecule is Cc1ccc(C(=O)N[C@@H](C)c2nnc(SCC(=O)c3ccc(Br)cc3)n2C)cc1. The molecular formula is C21H21BrN4O2S. The topological polar surface area (TPSA) is 76.9 Å². The van der Waals surface area contributed by atoms with Crippen LogP contribution in [0.1, 0.15) is 45.1 Å². The Kier molecular flexibility index (Phi) is 6.87. The molecule has 0 spiro atoms. The van der Waals surface area contributed by atoms with Crippen molar-refractivity contribution < 1.29 is 9.59 Å². The second-order valence-electron chi connectivity index (χ2n) is 6.68. The summed E-state index contributed by atoms with van der Waals surface area (Å²) in [7, 11) is 1.83. The van der Waals surface area contributed by atoms with Crippen LogP contribution in [0.5, 0.6) is 0 Å². The van der Waals surface area contributed by atoms with Crippen molar-refractivity contribution in [2.75, 3.05) is 5.75 Å². The number of nitrogens with one attached hydrogen (secondary N) is 1. The number of ketones is 1. The van der Waals surface area contributed by atoms with Crippen molar-refractivity contribution in [1.29, 1.82) is 0 Å². The van der Waals surface area contributed by atoms with Crippen LogP contribution in [0, 0.1) is 6.92 Å². The fraction of sp³-hybridized carbons (Fsp3) is 0.238. The van der Waals surface area contributed by atoms with E-state index in [4.69, 9.17) is 0 Å². The number of nitrogens with zero attached hydrogens (tertiary/aromatic N) is 3. The fourth-order valence-electron chi connectivity index (χ4n) is 2.73. The number of aromatic nitrogens is 3. The van der Waals surface area contributed by atoms with Gasteiger partial charge in [-0.1, -0.05) is 57.5 Å². The summed E-state index contributed by atoms with van der Waals surface area (Å²) in [4.78, 5) is 24.8. The van der Waals surface area contributed by atoms with Crippen LogP contribution < -0.4 is 5.32 Å². The average Bonchev–Trinajstić information content (AvgIpc) is 3.07. The van der Waals surface area contributed by atoms with E-state index in [1.807, 2.05) is 45.2 Å². The molecule has 0 unspecified atom stereocenters. The van der Waals surface area contributed by atoms with E-state index in [0.717, 1.165) is 10.0 Å². The molecular weight excluding hydrogens is 452 g/mol. The summed E-state index contributed by atoms with van der Waals surface area (Å²) in [6.45, 7) is 3.84. The number of Topliss-reactive ketones (excluding diaryl/α,β-unsaturated/α-hetero) is 1. The molecule has 0 bridgehead atoms. The maximum absolute atomic E-state index is 12.4. The van der Waals surface area contributed by atoms with Gasteiger partial charge < -0.3 is 9.88 Å². The van der Waals surface area contributed by atoms with Crippen LogP contribution in [0.25, 0.3) is 0 Å². The Bertz CT molecular complexity index is 1020. The number of carbonyl (C=O) groups is 2. The van der Waals surface area contributed by atoms with Crippen LogP contribution in [0.4, 0.5) is 0 Å². The number of hydrogen-bond donors (Lipinski definition) is 1. The number of halogens is 1. The fourth-order valence-corrected chi connectivity index (χ4v) is 3.80. The van der Waals surface area contributed by atoms with Crippen LogP contribution in [0.2, 0.25) is 0 Å². The molecule has 3 aromatic rings. The van der Waals surface area contributed by atoms with Gasteiger partial charge in [-0.25, -0.2) is 0 Å². The van der Waals surface area contributed by atoms with Gasteiger partial charge in [-0.05, 0) is 38.1 Å². The van der Waals surface area contributed by atoms with Gasteiger partial charge in [-0.15, -0.1) is 10.2 Å². The zero-order valence-electron chi connectivity index (χ0n) is 16.3. The van der Waals surface area contributed by atoms with E-state index in [2.05, 4.69) is 31.4 Å². The molecule has 2 aromatic carbocycles. The lowest BCUT2D eigenvalue weighted by Gasteiger charge is -2.13. The Morgan fingerprint density at radius 1 is 1.07 bits per heavy atom. The van der Waals surface area contributed by atoms with E-state index in [1.54, 1.807) is 28.8 Å². The molecule has 3 rings (SSSR count). The molecule has 0 aliphatic rings. The number of amides is 1. The van der Waals surface area contributed by atoms with E-state index in [9.17, 15) is 9.59 Å². The summed E-state index contributed by atoms with van der Waals surface area (Å²) in [5, 5.41) is 11.9. The van der Waals surface area contributed by atoms with Gasteiger partial charge in [0.05, 0.1) is 11.8 Å². The van der Waals surface area contributed by atoms with Crippen molar-refractivity contribution in [2.24, 2.45) is 7.05 Å². The van der Waals surface area contributed by atoms with Crippen molar-refractivity contribution in [1.82, 2.24) is 20.1 Å². The number of thioether (sulfide) groups is 1. The van der Waals surface area contributed by atoms with E-state index in [-0.39, 0.29) is 23.5 Å². The first-order valence-electron chi connectivity index (χ1n) is 9.03. The Morgan fingerprint density at radius 2 is 1.69 bits per heavy atom. The molecule has 1 amide bonds. The van der Waals surface area contributed by atoms with Gasteiger partial charge in [0.25, 0.3) is 5.91 Å². The minimum atomic E-state index is -0.321. The molecule has 0 radical (unpaired) electrons. The molecule has 150 valence electrons. The average molecular weight is 473 g/mol. The Morgan fingerprint density at radius 3 is 2.34 bits per heavy atom.